The van der Waals surface area contributed by atoms with E-state index in [1.807, 2.05) is 0 Å². The van der Waals surface area contributed by atoms with Crippen LogP contribution in [0.5, 0.6) is 0 Å². The van der Waals surface area contributed by atoms with Crippen molar-refractivity contribution in [3.8, 4) is 0 Å². The number of amides is 1. The summed E-state index contributed by atoms with van der Waals surface area (Å²) in [5.74, 6) is -1.60. The minimum atomic E-state index is -1.16. The summed E-state index contributed by atoms with van der Waals surface area (Å²) in [6.07, 6.45) is 2.93. The van der Waals surface area contributed by atoms with Crippen LogP contribution in [0.15, 0.2) is 12.4 Å². The van der Waals surface area contributed by atoms with Crippen molar-refractivity contribution in [3.05, 3.63) is 22.5 Å². The van der Waals surface area contributed by atoms with Gasteiger partial charge in [-0.05, 0) is 12.8 Å². The van der Waals surface area contributed by atoms with Crippen LogP contribution in [-0.2, 0) is 16.1 Å². The van der Waals surface area contributed by atoms with Crippen LogP contribution in [0.4, 0.5) is 5.69 Å². The number of hydrogen-bond donors (Lipinski definition) is 2. The predicted molar refractivity (Wildman–Crippen MR) is 56.6 cm³/mol. The Labute approximate surface area is 101 Å². The van der Waals surface area contributed by atoms with Gasteiger partial charge >= 0.3 is 11.7 Å². The Morgan fingerprint density at radius 3 is 2.72 bits per heavy atom. The van der Waals surface area contributed by atoms with Gasteiger partial charge in [0.25, 0.3) is 0 Å². The number of hydrogen-bond acceptors (Lipinski definition) is 5. The van der Waals surface area contributed by atoms with E-state index < -0.39 is 22.3 Å². The average molecular weight is 254 g/mol. The van der Waals surface area contributed by atoms with Crippen LogP contribution in [0.3, 0.4) is 0 Å². The summed E-state index contributed by atoms with van der Waals surface area (Å²) in [6.45, 7) is -0.247. The Hall–Kier alpha value is -2.45. The van der Waals surface area contributed by atoms with Gasteiger partial charge in [0.05, 0.1) is 4.92 Å². The summed E-state index contributed by atoms with van der Waals surface area (Å²) in [4.78, 5) is 32.2. The van der Waals surface area contributed by atoms with E-state index in [0.29, 0.717) is 12.8 Å². The largest absolute Gasteiger partial charge is 0.480 e. The first kappa shape index (κ1) is 12.0. The Morgan fingerprint density at radius 1 is 1.61 bits per heavy atom. The fourth-order valence-electron chi connectivity index (χ4n) is 1.50. The fourth-order valence-corrected chi connectivity index (χ4v) is 1.50. The molecule has 1 aromatic rings. The van der Waals surface area contributed by atoms with E-state index in [-0.39, 0.29) is 12.2 Å². The molecule has 0 atom stereocenters. The molecule has 18 heavy (non-hydrogen) atoms. The molecule has 0 bridgehead atoms. The van der Waals surface area contributed by atoms with Crippen molar-refractivity contribution in [1.82, 2.24) is 15.1 Å². The topological polar surface area (TPSA) is 127 Å². The normalized spacial score (nSPS) is 16.0. The molecule has 1 fully saturated rings. The third-order valence-corrected chi connectivity index (χ3v) is 2.67. The highest BCUT2D eigenvalue weighted by atomic mass is 16.6. The first-order chi connectivity index (χ1) is 8.43. The lowest BCUT2D eigenvalue weighted by atomic mass is 10.3. The van der Waals surface area contributed by atoms with E-state index in [1.165, 1.54) is 0 Å². The quantitative estimate of drug-likeness (QED) is 0.539. The van der Waals surface area contributed by atoms with Crippen LogP contribution < -0.4 is 5.32 Å². The number of nitro groups is 1. The van der Waals surface area contributed by atoms with Crippen LogP contribution in [0.2, 0.25) is 0 Å². The molecule has 0 aromatic carbocycles. The van der Waals surface area contributed by atoms with Crippen LogP contribution in [0.25, 0.3) is 0 Å². The molecule has 9 nitrogen and oxygen atoms in total. The molecule has 1 heterocycles. The van der Waals surface area contributed by atoms with Crippen LogP contribution in [-0.4, -0.2) is 37.2 Å². The molecule has 1 aliphatic carbocycles. The Morgan fingerprint density at radius 2 is 2.28 bits per heavy atom. The molecule has 9 heteroatoms. The first-order valence-corrected chi connectivity index (χ1v) is 5.14. The lowest BCUT2D eigenvalue weighted by Crippen LogP contribution is -2.44. The number of carboxylic acid groups (broad SMARTS) is 1. The first-order valence-electron chi connectivity index (χ1n) is 5.14. The molecule has 1 amide bonds. The SMILES string of the molecule is O=C(Cn1cc([N+](=O)[O-])cn1)NC1(C(=O)O)CC1. The van der Waals surface area contributed by atoms with Crippen molar-refractivity contribution < 1.29 is 19.6 Å². The van der Waals surface area contributed by atoms with Crippen molar-refractivity contribution in [3.63, 3.8) is 0 Å². The minimum absolute atomic E-state index is 0.220. The Kier molecular flexibility index (Phi) is 2.73. The van der Waals surface area contributed by atoms with E-state index in [0.717, 1.165) is 17.1 Å². The summed E-state index contributed by atoms with van der Waals surface area (Å²) in [5, 5.41) is 25.3. The number of carbonyl (C=O) groups is 2. The van der Waals surface area contributed by atoms with Crippen molar-refractivity contribution in [1.29, 1.82) is 0 Å². The van der Waals surface area contributed by atoms with Crippen molar-refractivity contribution in [2.75, 3.05) is 0 Å². The van der Waals surface area contributed by atoms with E-state index in [4.69, 9.17) is 5.11 Å². The molecule has 0 radical (unpaired) electrons. The zero-order valence-corrected chi connectivity index (χ0v) is 9.20. The Balaban J connectivity index is 1.95. The van der Waals surface area contributed by atoms with Crippen molar-refractivity contribution in [2.45, 2.75) is 24.9 Å². The van der Waals surface area contributed by atoms with E-state index in [1.54, 1.807) is 0 Å². The molecule has 1 saturated carbocycles. The fraction of sp³-hybridized carbons (Fsp3) is 0.444. The lowest BCUT2D eigenvalue weighted by molar-refractivity contribution is -0.385. The highest BCUT2D eigenvalue weighted by Crippen LogP contribution is 2.35. The standard InChI is InChI=1S/C9H10N4O5/c14-7(11-9(1-2-9)8(15)16)5-12-4-6(3-10-12)13(17)18/h3-4H,1-2,5H2,(H,11,14)(H,15,16). The number of carboxylic acids is 1. The highest BCUT2D eigenvalue weighted by Gasteiger charge is 2.51. The van der Waals surface area contributed by atoms with Crippen LogP contribution >= 0.6 is 0 Å². The second-order valence-electron chi connectivity index (χ2n) is 4.09. The zero-order valence-electron chi connectivity index (χ0n) is 9.20. The number of rotatable bonds is 5. The number of aliphatic carboxylic acids is 1. The van der Waals surface area contributed by atoms with E-state index >= 15 is 0 Å². The molecule has 2 rings (SSSR count). The molecule has 0 saturated heterocycles. The van der Waals surface area contributed by atoms with E-state index in [9.17, 15) is 19.7 Å². The average Bonchev–Trinajstić information content (AvgIpc) is 2.89. The van der Waals surface area contributed by atoms with Crippen molar-refractivity contribution in [2.24, 2.45) is 0 Å². The second-order valence-corrected chi connectivity index (χ2v) is 4.09. The lowest BCUT2D eigenvalue weighted by Gasteiger charge is -2.11. The van der Waals surface area contributed by atoms with Gasteiger partial charge in [0.15, 0.2) is 0 Å². The number of nitrogens with one attached hydrogen (secondary N) is 1. The molecule has 96 valence electrons. The minimum Gasteiger partial charge on any atom is -0.480 e. The van der Waals surface area contributed by atoms with Gasteiger partial charge in [0, 0.05) is 0 Å². The second kappa shape index (κ2) is 4.09. The van der Waals surface area contributed by atoms with Gasteiger partial charge in [0.2, 0.25) is 5.91 Å². The number of carbonyl (C=O) groups excluding carboxylic acids is 1. The molecule has 0 unspecified atom stereocenters. The summed E-state index contributed by atoms with van der Waals surface area (Å²) < 4.78 is 1.09. The van der Waals surface area contributed by atoms with Gasteiger partial charge in [-0.25, -0.2) is 4.79 Å². The summed E-state index contributed by atoms with van der Waals surface area (Å²) in [7, 11) is 0. The maximum Gasteiger partial charge on any atom is 0.329 e. The molecule has 0 spiro atoms. The van der Waals surface area contributed by atoms with Crippen LogP contribution in [0, 0.1) is 10.1 Å². The van der Waals surface area contributed by atoms with Crippen molar-refractivity contribution >= 4 is 17.6 Å². The van der Waals surface area contributed by atoms with Gasteiger partial charge in [0.1, 0.15) is 24.5 Å². The van der Waals surface area contributed by atoms with E-state index in [2.05, 4.69) is 10.4 Å². The van der Waals surface area contributed by atoms with Gasteiger partial charge in [-0.1, -0.05) is 0 Å². The highest BCUT2D eigenvalue weighted by molar-refractivity contribution is 5.89. The zero-order chi connectivity index (χ0) is 13.3. The molecular weight excluding hydrogens is 244 g/mol. The summed E-state index contributed by atoms with van der Waals surface area (Å²) in [5.41, 5.74) is -1.38. The van der Waals surface area contributed by atoms with Gasteiger partial charge in [-0.3, -0.25) is 19.6 Å². The van der Waals surface area contributed by atoms with Crippen LogP contribution in [0.1, 0.15) is 12.8 Å². The predicted octanol–water partition coefficient (Wildman–Crippen LogP) is -0.475. The number of nitrogens with zero attached hydrogens (tertiary/aromatic N) is 3. The maximum absolute atomic E-state index is 11.5. The maximum atomic E-state index is 11.5. The molecule has 1 aliphatic rings. The molecule has 0 aliphatic heterocycles. The third kappa shape index (κ3) is 2.29. The Bertz CT molecular complexity index is 519. The van der Waals surface area contributed by atoms with Gasteiger partial charge in [-0.15, -0.1) is 0 Å². The van der Waals surface area contributed by atoms with Gasteiger partial charge < -0.3 is 10.4 Å². The van der Waals surface area contributed by atoms with Gasteiger partial charge in [-0.2, -0.15) is 5.10 Å². The monoisotopic (exact) mass is 254 g/mol. The smallest absolute Gasteiger partial charge is 0.329 e. The summed E-state index contributed by atoms with van der Waals surface area (Å²) >= 11 is 0. The number of aromatic nitrogens is 2. The molecule has 1 aromatic heterocycles. The summed E-state index contributed by atoms with van der Waals surface area (Å²) in [6, 6.07) is 0. The molecule has 2 N–H and O–H groups in total. The molecular formula is C9H10N4O5. The third-order valence-electron chi connectivity index (χ3n) is 2.67.